The standard InChI is InChI=1S/C58H35N3O2/c1-2-12-36(13-3-1)37-22-24-38(25-23-37)55-59-56(61-57(60-55)40-28-32-53-47(34-40)45-16-6-10-20-51(45)62-53)39-26-29-41(30-27-39)58(49-18-8-4-14-43(49)44-15-5-9-19-50(44)58)42-31-33-54-48(35-42)46-17-7-11-21-52(46)63-54/h1-35H. The van der Waals surface area contributed by atoms with Gasteiger partial charge in [0.25, 0.3) is 0 Å². The van der Waals surface area contributed by atoms with E-state index in [2.05, 4.69) is 164 Å². The second-order valence-electron chi connectivity index (χ2n) is 16.3. The Morgan fingerprint density at radius 2 is 0.698 bits per heavy atom. The van der Waals surface area contributed by atoms with Crippen molar-refractivity contribution in [2.45, 2.75) is 5.41 Å². The van der Waals surface area contributed by atoms with Crippen LogP contribution < -0.4 is 0 Å². The molecule has 0 saturated heterocycles. The minimum absolute atomic E-state index is 0.592. The summed E-state index contributed by atoms with van der Waals surface area (Å²) in [7, 11) is 0. The molecule has 0 saturated carbocycles. The average Bonchev–Trinajstić information content (AvgIpc) is 4.02. The lowest BCUT2D eigenvalue weighted by molar-refractivity contribution is 0.668. The van der Waals surface area contributed by atoms with E-state index in [1.807, 2.05) is 48.5 Å². The van der Waals surface area contributed by atoms with Crippen LogP contribution in [0.1, 0.15) is 22.3 Å². The molecule has 0 spiro atoms. The van der Waals surface area contributed by atoms with Gasteiger partial charge in [0.2, 0.25) is 0 Å². The lowest BCUT2D eigenvalue weighted by Gasteiger charge is -2.34. The van der Waals surface area contributed by atoms with Gasteiger partial charge in [-0.1, -0.05) is 170 Å². The molecular formula is C58H35N3O2. The maximum atomic E-state index is 6.33. The Hall–Kier alpha value is -8.41. The lowest BCUT2D eigenvalue weighted by Crippen LogP contribution is -2.28. The third kappa shape index (κ3) is 5.46. The first-order valence-corrected chi connectivity index (χ1v) is 21.2. The van der Waals surface area contributed by atoms with Gasteiger partial charge in [-0.05, 0) is 87.0 Å². The highest BCUT2D eigenvalue weighted by molar-refractivity contribution is 6.07. The molecule has 0 fully saturated rings. The van der Waals surface area contributed by atoms with Gasteiger partial charge >= 0.3 is 0 Å². The fourth-order valence-electron chi connectivity index (χ4n) is 9.92. The smallest absolute Gasteiger partial charge is 0.164 e. The summed E-state index contributed by atoms with van der Waals surface area (Å²) in [4.78, 5) is 15.5. The molecule has 0 aliphatic heterocycles. The molecule has 12 aromatic rings. The third-order valence-electron chi connectivity index (χ3n) is 12.9. The minimum atomic E-state index is -0.600. The van der Waals surface area contributed by atoms with Crippen molar-refractivity contribution >= 4 is 43.9 Å². The van der Waals surface area contributed by atoms with E-state index in [1.165, 1.54) is 27.8 Å². The van der Waals surface area contributed by atoms with Crippen molar-refractivity contribution in [3.8, 4) is 56.4 Å². The molecule has 5 nitrogen and oxygen atoms in total. The third-order valence-corrected chi connectivity index (χ3v) is 12.9. The monoisotopic (exact) mass is 805 g/mol. The first-order chi connectivity index (χ1) is 31.2. The first-order valence-electron chi connectivity index (χ1n) is 21.2. The van der Waals surface area contributed by atoms with Crippen LogP contribution in [0.15, 0.2) is 221 Å². The van der Waals surface area contributed by atoms with Gasteiger partial charge in [0.15, 0.2) is 17.5 Å². The van der Waals surface area contributed by atoms with E-state index in [0.717, 1.165) is 77.3 Å². The topological polar surface area (TPSA) is 65.0 Å². The summed E-state index contributed by atoms with van der Waals surface area (Å²) >= 11 is 0. The summed E-state index contributed by atoms with van der Waals surface area (Å²) in [5.41, 5.74) is 15.1. The SMILES string of the molecule is c1ccc(-c2ccc(-c3nc(-c4ccc(C5(c6ccc7oc8ccccc8c7c6)c6ccccc6-c6ccccc65)cc4)nc(-c4ccc5oc6ccccc6c5c4)n3)cc2)cc1. The van der Waals surface area contributed by atoms with Gasteiger partial charge in [0.1, 0.15) is 22.3 Å². The van der Waals surface area contributed by atoms with Crippen LogP contribution in [0.5, 0.6) is 0 Å². The second-order valence-corrected chi connectivity index (χ2v) is 16.3. The van der Waals surface area contributed by atoms with Gasteiger partial charge in [-0.3, -0.25) is 0 Å². The Balaban J connectivity index is 0.987. The van der Waals surface area contributed by atoms with E-state index < -0.39 is 5.41 Å². The van der Waals surface area contributed by atoms with Crippen LogP contribution >= 0.6 is 0 Å². The normalized spacial score (nSPS) is 12.9. The van der Waals surface area contributed by atoms with Gasteiger partial charge in [-0.25, -0.2) is 15.0 Å². The van der Waals surface area contributed by atoms with Gasteiger partial charge in [0.05, 0.1) is 5.41 Å². The van der Waals surface area contributed by atoms with E-state index in [0.29, 0.717) is 17.5 Å². The highest BCUT2D eigenvalue weighted by Gasteiger charge is 2.46. The van der Waals surface area contributed by atoms with Crippen molar-refractivity contribution in [2.75, 3.05) is 0 Å². The number of hydrogen-bond acceptors (Lipinski definition) is 5. The molecule has 13 rings (SSSR count). The first kappa shape index (κ1) is 35.4. The molecule has 294 valence electrons. The zero-order chi connectivity index (χ0) is 41.5. The summed E-state index contributed by atoms with van der Waals surface area (Å²) in [6, 6.07) is 74.7. The van der Waals surface area contributed by atoms with Crippen LogP contribution in [0, 0.1) is 0 Å². The molecule has 1 aliphatic carbocycles. The van der Waals surface area contributed by atoms with Gasteiger partial charge in [0, 0.05) is 38.2 Å². The fraction of sp³-hybridized carbons (Fsp3) is 0.0172. The van der Waals surface area contributed by atoms with Gasteiger partial charge in [-0.2, -0.15) is 0 Å². The van der Waals surface area contributed by atoms with Crippen molar-refractivity contribution in [2.24, 2.45) is 0 Å². The molecule has 0 atom stereocenters. The summed E-state index contributed by atoms with van der Waals surface area (Å²) < 4.78 is 12.5. The maximum Gasteiger partial charge on any atom is 0.164 e. The Labute approximate surface area is 362 Å². The number of benzene rings is 9. The molecule has 3 aromatic heterocycles. The highest BCUT2D eigenvalue weighted by Crippen LogP contribution is 2.56. The predicted molar refractivity (Wildman–Crippen MR) is 253 cm³/mol. The average molecular weight is 806 g/mol. The molecule has 5 heteroatoms. The minimum Gasteiger partial charge on any atom is -0.456 e. The Morgan fingerprint density at radius 3 is 1.32 bits per heavy atom. The van der Waals surface area contributed by atoms with Crippen molar-refractivity contribution < 1.29 is 8.83 Å². The number of nitrogens with zero attached hydrogens (tertiary/aromatic N) is 3. The lowest BCUT2D eigenvalue weighted by atomic mass is 9.67. The number of hydrogen-bond donors (Lipinski definition) is 0. The van der Waals surface area contributed by atoms with Crippen LogP contribution in [0.25, 0.3) is 100 Å². The number of furan rings is 2. The molecule has 0 amide bonds. The molecule has 3 heterocycles. The van der Waals surface area contributed by atoms with E-state index >= 15 is 0 Å². The van der Waals surface area contributed by atoms with Gasteiger partial charge < -0.3 is 8.83 Å². The molecule has 0 bridgehead atoms. The highest BCUT2D eigenvalue weighted by atomic mass is 16.3. The van der Waals surface area contributed by atoms with Crippen molar-refractivity contribution in [3.63, 3.8) is 0 Å². The summed E-state index contributed by atoms with van der Waals surface area (Å²) in [5, 5.41) is 4.28. The molecular weight excluding hydrogens is 771 g/mol. The van der Waals surface area contributed by atoms with E-state index in [1.54, 1.807) is 0 Å². The van der Waals surface area contributed by atoms with Crippen LogP contribution in [0.3, 0.4) is 0 Å². The predicted octanol–water partition coefficient (Wildman–Crippen LogP) is 14.7. The van der Waals surface area contributed by atoms with Crippen molar-refractivity contribution in [3.05, 3.63) is 235 Å². The molecule has 0 radical (unpaired) electrons. The number of rotatable bonds is 6. The largest absolute Gasteiger partial charge is 0.456 e. The van der Waals surface area contributed by atoms with E-state index in [4.69, 9.17) is 23.8 Å². The number of aromatic nitrogens is 3. The van der Waals surface area contributed by atoms with Crippen LogP contribution in [0.2, 0.25) is 0 Å². The molecule has 63 heavy (non-hydrogen) atoms. The fourth-order valence-corrected chi connectivity index (χ4v) is 9.92. The summed E-state index contributed by atoms with van der Waals surface area (Å²) in [5.74, 6) is 1.79. The van der Waals surface area contributed by atoms with E-state index in [9.17, 15) is 0 Å². The van der Waals surface area contributed by atoms with Crippen molar-refractivity contribution in [1.29, 1.82) is 0 Å². The zero-order valence-electron chi connectivity index (χ0n) is 33.9. The van der Waals surface area contributed by atoms with Crippen molar-refractivity contribution in [1.82, 2.24) is 15.0 Å². The van der Waals surface area contributed by atoms with Crippen LogP contribution in [-0.4, -0.2) is 15.0 Å². The summed E-state index contributed by atoms with van der Waals surface area (Å²) in [6.07, 6.45) is 0. The Bertz CT molecular complexity index is 3690. The maximum absolute atomic E-state index is 6.33. The zero-order valence-corrected chi connectivity index (χ0v) is 33.9. The molecule has 0 unspecified atom stereocenters. The van der Waals surface area contributed by atoms with E-state index in [-0.39, 0.29) is 0 Å². The second kappa shape index (κ2) is 13.8. The quantitative estimate of drug-likeness (QED) is 0.167. The number of para-hydroxylation sites is 2. The van der Waals surface area contributed by atoms with Gasteiger partial charge in [-0.15, -0.1) is 0 Å². The molecule has 9 aromatic carbocycles. The number of fused-ring (bicyclic) bond motifs is 9. The molecule has 1 aliphatic rings. The Kier molecular flexibility index (Phi) is 7.75. The molecule has 0 N–H and O–H groups in total. The van der Waals surface area contributed by atoms with Crippen LogP contribution in [-0.2, 0) is 5.41 Å². The Morgan fingerprint density at radius 1 is 0.286 bits per heavy atom. The summed E-state index contributed by atoms with van der Waals surface area (Å²) in [6.45, 7) is 0. The van der Waals surface area contributed by atoms with Crippen LogP contribution in [0.4, 0.5) is 0 Å².